The quantitative estimate of drug-likeness (QED) is 0.587. The zero-order valence-corrected chi connectivity index (χ0v) is 12.5. The van der Waals surface area contributed by atoms with E-state index in [1.54, 1.807) is 0 Å². The zero-order chi connectivity index (χ0) is 15.2. The highest BCUT2D eigenvalue weighted by Gasteiger charge is 2.15. The third-order valence-electron chi connectivity index (χ3n) is 3.45. The van der Waals surface area contributed by atoms with Crippen molar-refractivity contribution >= 4 is 17.7 Å². The van der Waals surface area contributed by atoms with E-state index >= 15 is 0 Å². The first-order chi connectivity index (χ1) is 10.1. The number of hydrogen-bond donors (Lipinski definition) is 3. The van der Waals surface area contributed by atoms with Gasteiger partial charge in [0.05, 0.1) is 12.6 Å². The van der Waals surface area contributed by atoms with Gasteiger partial charge in [0.25, 0.3) is 0 Å². The molecule has 4 N–H and O–H groups in total. The number of nitrogens with two attached hydrogens (primary N) is 1. The van der Waals surface area contributed by atoms with Crippen molar-refractivity contribution in [3.05, 3.63) is 29.3 Å². The Bertz CT molecular complexity index is 516. The Labute approximate surface area is 124 Å². The SMILES string of the molecule is Cc1cccc(C)c1NC(=O)NC(N)=NCC1CCCO1. The second-order valence-corrected chi connectivity index (χ2v) is 5.21. The van der Waals surface area contributed by atoms with Crippen molar-refractivity contribution < 1.29 is 9.53 Å². The molecule has 6 heteroatoms. The average molecular weight is 290 g/mol. The number of anilines is 1. The number of benzene rings is 1. The molecule has 1 atom stereocenters. The Morgan fingerprint density at radius 3 is 2.76 bits per heavy atom. The molecule has 1 aromatic carbocycles. The number of amides is 2. The van der Waals surface area contributed by atoms with Gasteiger partial charge in [0.15, 0.2) is 5.96 Å². The molecule has 1 fully saturated rings. The summed E-state index contributed by atoms with van der Waals surface area (Å²) in [7, 11) is 0. The molecule has 2 rings (SSSR count). The Hall–Kier alpha value is -2.08. The molecule has 1 aliphatic heterocycles. The second kappa shape index (κ2) is 7.08. The highest BCUT2D eigenvalue weighted by molar-refractivity contribution is 6.02. The van der Waals surface area contributed by atoms with E-state index in [0.717, 1.165) is 36.3 Å². The number of carbonyl (C=O) groups excluding carboxylic acids is 1. The monoisotopic (exact) mass is 290 g/mol. The van der Waals surface area contributed by atoms with Crippen LogP contribution in [0.25, 0.3) is 0 Å². The van der Waals surface area contributed by atoms with E-state index in [1.807, 2.05) is 32.0 Å². The van der Waals surface area contributed by atoms with Crippen molar-refractivity contribution in [3.8, 4) is 0 Å². The number of rotatable bonds is 3. The summed E-state index contributed by atoms with van der Waals surface area (Å²) in [4.78, 5) is 16.0. The number of urea groups is 1. The van der Waals surface area contributed by atoms with E-state index in [4.69, 9.17) is 10.5 Å². The summed E-state index contributed by atoms with van der Waals surface area (Å²) in [5.74, 6) is 0.106. The number of aryl methyl sites for hydroxylation is 2. The highest BCUT2D eigenvalue weighted by atomic mass is 16.5. The van der Waals surface area contributed by atoms with E-state index in [0.29, 0.717) is 6.54 Å². The van der Waals surface area contributed by atoms with Crippen LogP contribution in [0.2, 0.25) is 0 Å². The minimum absolute atomic E-state index is 0.106. The van der Waals surface area contributed by atoms with Crippen molar-refractivity contribution in [2.45, 2.75) is 32.8 Å². The van der Waals surface area contributed by atoms with Crippen LogP contribution < -0.4 is 16.4 Å². The van der Waals surface area contributed by atoms with Gasteiger partial charge in [0.2, 0.25) is 0 Å². The summed E-state index contributed by atoms with van der Waals surface area (Å²) < 4.78 is 5.44. The molecule has 2 amide bonds. The van der Waals surface area contributed by atoms with E-state index in [2.05, 4.69) is 15.6 Å². The number of ether oxygens (including phenoxy) is 1. The van der Waals surface area contributed by atoms with Gasteiger partial charge in [-0.2, -0.15) is 0 Å². The van der Waals surface area contributed by atoms with Gasteiger partial charge in [0.1, 0.15) is 0 Å². The number of hydrogen-bond acceptors (Lipinski definition) is 3. The molecule has 0 aliphatic carbocycles. The van der Waals surface area contributed by atoms with Crippen molar-refractivity contribution in [2.75, 3.05) is 18.5 Å². The lowest BCUT2D eigenvalue weighted by atomic mass is 10.1. The summed E-state index contributed by atoms with van der Waals surface area (Å²) in [6.45, 7) is 5.14. The third-order valence-corrected chi connectivity index (χ3v) is 3.45. The van der Waals surface area contributed by atoms with Gasteiger partial charge in [-0.25, -0.2) is 4.79 Å². The Kier molecular flexibility index (Phi) is 5.16. The van der Waals surface area contributed by atoms with Crippen molar-refractivity contribution in [1.82, 2.24) is 5.32 Å². The molecule has 0 bridgehead atoms. The minimum Gasteiger partial charge on any atom is -0.376 e. The molecule has 1 aliphatic rings. The van der Waals surface area contributed by atoms with Gasteiger partial charge < -0.3 is 15.8 Å². The Balaban J connectivity index is 1.87. The molecule has 6 nitrogen and oxygen atoms in total. The van der Waals surface area contributed by atoms with Gasteiger partial charge in [-0.05, 0) is 37.8 Å². The fourth-order valence-corrected chi connectivity index (χ4v) is 2.30. The molecule has 21 heavy (non-hydrogen) atoms. The molecular weight excluding hydrogens is 268 g/mol. The predicted octanol–water partition coefficient (Wildman–Crippen LogP) is 1.92. The standard InChI is InChI=1S/C15H22N4O2/c1-10-5-3-6-11(2)13(10)18-15(20)19-14(16)17-9-12-7-4-8-21-12/h3,5-6,12H,4,7-9H2,1-2H3,(H4,16,17,18,19,20). The lowest BCUT2D eigenvalue weighted by molar-refractivity contribution is 0.118. The maximum atomic E-state index is 11.9. The Morgan fingerprint density at radius 2 is 2.14 bits per heavy atom. The molecule has 1 saturated heterocycles. The van der Waals surface area contributed by atoms with E-state index < -0.39 is 0 Å². The molecule has 1 aromatic rings. The van der Waals surface area contributed by atoms with E-state index in [1.165, 1.54) is 0 Å². The van der Waals surface area contributed by atoms with Gasteiger partial charge in [0, 0.05) is 12.3 Å². The van der Waals surface area contributed by atoms with Gasteiger partial charge >= 0.3 is 6.03 Å². The summed E-state index contributed by atoms with van der Waals surface area (Å²) >= 11 is 0. The molecule has 0 saturated carbocycles. The second-order valence-electron chi connectivity index (χ2n) is 5.21. The number of nitrogens with zero attached hydrogens (tertiary/aromatic N) is 1. The van der Waals surface area contributed by atoms with Crippen LogP contribution in [0.15, 0.2) is 23.2 Å². The minimum atomic E-state index is -0.388. The van der Waals surface area contributed by atoms with Crippen LogP contribution in [0.4, 0.5) is 10.5 Å². The van der Waals surface area contributed by atoms with Gasteiger partial charge in [-0.15, -0.1) is 0 Å². The van der Waals surface area contributed by atoms with Crippen LogP contribution in [0.3, 0.4) is 0 Å². The third kappa shape index (κ3) is 4.46. The normalized spacial score (nSPS) is 18.6. The molecule has 0 radical (unpaired) electrons. The summed E-state index contributed by atoms with van der Waals surface area (Å²) in [6, 6.07) is 5.45. The van der Waals surface area contributed by atoms with Crippen molar-refractivity contribution in [2.24, 2.45) is 10.7 Å². The number of guanidine groups is 1. The first-order valence-corrected chi connectivity index (χ1v) is 7.12. The van der Waals surface area contributed by atoms with Gasteiger partial charge in [-0.1, -0.05) is 18.2 Å². The highest BCUT2D eigenvalue weighted by Crippen LogP contribution is 2.19. The molecule has 1 unspecified atom stereocenters. The smallest absolute Gasteiger partial charge is 0.326 e. The lowest BCUT2D eigenvalue weighted by Gasteiger charge is -2.12. The van der Waals surface area contributed by atoms with Crippen LogP contribution in [-0.4, -0.2) is 31.2 Å². The number of nitrogens with one attached hydrogen (secondary N) is 2. The van der Waals surface area contributed by atoms with Crippen LogP contribution in [-0.2, 0) is 4.74 Å². The molecule has 1 heterocycles. The largest absolute Gasteiger partial charge is 0.376 e. The van der Waals surface area contributed by atoms with Crippen molar-refractivity contribution in [3.63, 3.8) is 0 Å². The van der Waals surface area contributed by atoms with Crippen LogP contribution in [0.1, 0.15) is 24.0 Å². The van der Waals surface area contributed by atoms with Gasteiger partial charge in [-0.3, -0.25) is 10.3 Å². The summed E-state index contributed by atoms with van der Waals surface area (Å²) in [6.07, 6.45) is 2.17. The maximum Gasteiger partial charge on any atom is 0.326 e. The van der Waals surface area contributed by atoms with Crippen LogP contribution in [0, 0.1) is 13.8 Å². The maximum absolute atomic E-state index is 11.9. The molecule has 0 aromatic heterocycles. The molecule has 114 valence electrons. The first-order valence-electron chi connectivity index (χ1n) is 7.12. The van der Waals surface area contributed by atoms with Crippen LogP contribution in [0.5, 0.6) is 0 Å². The summed E-state index contributed by atoms with van der Waals surface area (Å²) in [5.41, 5.74) is 8.50. The fourth-order valence-electron chi connectivity index (χ4n) is 2.30. The predicted molar refractivity (Wildman–Crippen MR) is 83.5 cm³/mol. The first kappa shape index (κ1) is 15.3. The molecule has 0 spiro atoms. The summed E-state index contributed by atoms with van der Waals surface area (Å²) in [5, 5.41) is 5.32. The zero-order valence-electron chi connectivity index (χ0n) is 12.5. The topological polar surface area (TPSA) is 88.7 Å². The molecular formula is C15H22N4O2. The average Bonchev–Trinajstić information content (AvgIpc) is 2.94. The van der Waals surface area contributed by atoms with Crippen LogP contribution >= 0.6 is 0 Å². The number of aliphatic imine (C=N–C) groups is 1. The Morgan fingerprint density at radius 1 is 1.43 bits per heavy atom. The fraction of sp³-hybridized carbons (Fsp3) is 0.467. The lowest BCUT2D eigenvalue weighted by Crippen LogP contribution is -2.40. The van der Waals surface area contributed by atoms with Crippen molar-refractivity contribution in [1.29, 1.82) is 0 Å². The van der Waals surface area contributed by atoms with E-state index in [-0.39, 0.29) is 18.1 Å². The van der Waals surface area contributed by atoms with E-state index in [9.17, 15) is 4.79 Å². The number of para-hydroxylation sites is 1. The number of carbonyl (C=O) groups is 1.